The van der Waals surface area contributed by atoms with E-state index >= 15 is 0 Å². The Morgan fingerprint density at radius 3 is 2.90 bits per heavy atom. The number of nitrogens with zero attached hydrogens (tertiary/aromatic N) is 3. The second-order valence-electron chi connectivity index (χ2n) is 5.54. The van der Waals surface area contributed by atoms with Crippen LogP contribution >= 0.6 is 15.9 Å². The first kappa shape index (κ1) is 14.2. The van der Waals surface area contributed by atoms with Crippen molar-refractivity contribution in [2.24, 2.45) is 11.8 Å². The molecule has 1 N–H and O–H groups in total. The lowest BCUT2D eigenvalue weighted by atomic mass is 9.94. The highest BCUT2D eigenvalue weighted by molar-refractivity contribution is 9.10. The van der Waals surface area contributed by atoms with Gasteiger partial charge in [-0.2, -0.15) is 0 Å². The molecule has 0 amide bonds. The number of anilines is 1. The number of nitro groups is 1. The average molecular weight is 356 g/mol. The largest absolute Gasteiger partial charge is 0.480 e. The fraction of sp³-hybridized carbons (Fsp3) is 0.538. The molecule has 3 unspecified atom stereocenters. The van der Waals surface area contributed by atoms with E-state index in [1.54, 1.807) is 4.90 Å². The van der Waals surface area contributed by atoms with Crippen molar-refractivity contribution in [3.63, 3.8) is 0 Å². The first-order valence-electron chi connectivity index (χ1n) is 6.78. The van der Waals surface area contributed by atoms with Crippen LogP contribution in [0.15, 0.2) is 16.9 Å². The van der Waals surface area contributed by atoms with Gasteiger partial charge in [0, 0.05) is 12.7 Å². The van der Waals surface area contributed by atoms with Gasteiger partial charge in [0.25, 0.3) is 0 Å². The van der Waals surface area contributed by atoms with Gasteiger partial charge in [-0.3, -0.25) is 15.1 Å². The zero-order chi connectivity index (χ0) is 15.1. The number of carbonyl (C=O) groups is 1. The lowest BCUT2D eigenvalue weighted by molar-refractivity contribution is -0.384. The summed E-state index contributed by atoms with van der Waals surface area (Å²) in [5, 5.41) is 20.8. The van der Waals surface area contributed by atoms with Crippen LogP contribution in [0.25, 0.3) is 0 Å². The van der Waals surface area contributed by atoms with Crippen molar-refractivity contribution in [2.75, 3.05) is 11.4 Å². The quantitative estimate of drug-likeness (QED) is 0.660. The summed E-state index contributed by atoms with van der Waals surface area (Å²) in [4.78, 5) is 27.9. The number of carboxylic acids is 1. The third-order valence-electron chi connectivity index (χ3n) is 4.48. The van der Waals surface area contributed by atoms with Crippen LogP contribution in [0.4, 0.5) is 11.4 Å². The number of aliphatic carboxylic acids is 1. The SMILES string of the molecule is O=C(O)C1C2CCCC2CN1c1c(Br)cncc1[N+](=O)[O-]. The summed E-state index contributed by atoms with van der Waals surface area (Å²) in [6, 6.07) is -0.699. The Kier molecular flexibility index (Phi) is 3.56. The van der Waals surface area contributed by atoms with Crippen LogP contribution < -0.4 is 4.90 Å². The normalized spacial score (nSPS) is 27.7. The smallest absolute Gasteiger partial charge is 0.326 e. The van der Waals surface area contributed by atoms with Crippen LogP contribution in [-0.4, -0.2) is 33.6 Å². The van der Waals surface area contributed by atoms with Crippen molar-refractivity contribution in [3.05, 3.63) is 27.0 Å². The zero-order valence-electron chi connectivity index (χ0n) is 11.1. The average Bonchev–Trinajstić information content (AvgIpc) is 2.97. The van der Waals surface area contributed by atoms with Gasteiger partial charge in [-0.25, -0.2) is 4.79 Å². The molecule has 1 saturated heterocycles. The van der Waals surface area contributed by atoms with Gasteiger partial charge in [0.2, 0.25) is 0 Å². The summed E-state index contributed by atoms with van der Waals surface area (Å²) in [5.41, 5.74) is 0.174. The molecule has 2 aliphatic rings. The molecule has 3 atom stereocenters. The predicted octanol–water partition coefficient (Wildman–Crippen LogP) is 2.44. The van der Waals surface area contributed by atoms with Crippen LogP contribution in [0.3, 0.4) is 0 Å². The number of aromatic nitrogens is 1. The summed E-state index contributed by atoms with van der Waals surface area (Å²) in [6.45, 7) is 0.547. The Labute approximate surface area is 129 Å². The number of hydrogen-bond donors (Lipinski definition) is 1. The van der Waals surface area contributed by atoms with E-state index in [-0.39, 0.29) is 11.6 Å². The Bertz CT molecular complexity index is 609. The Hall–Kier alpha value is -1.70. The molecule has 7 nitrogen and oxygen atoms in total. The maximum Gasteiger partial charge on any atom is 0.326 e. The Morgan fingerprint density at radius 1 is 1.48 bits per heavy atom. The standard InChI is InChI=1S/C13H14BrN3O4/c14-9-4-15-5-10(17(20)21)12(9)16-6-7-2-1-3-8(7)11(16)13(18)19/h4-5,7-8,11H,1-3,6H2,(H,18,19). The van der Waals surface area contributed by atoms with Crippen molar-refractivity contribution in [2.45, 2.75) is 25.3 Å². The fourth-order valence-corrected chi connectivity index (χ4v) is 4.24. The first-order chi connectivity index (χ1) is 10.0. The highest BCUT2D eigenvalue weighted by atomic mass is 79.9. The molecule has 8 heteroatoms. The molecular weight excluding hydrogens is 342 g/mol. The minimum Gasteiger partial charge on any atom is -0.480 e. The number of hydrogen-bond acceptors (Lipinski definition) is 5. The summed E-state index contributed by atoms with van der Waals surface area (Å²) in [7, 11) is 0. The van der Waals surface area contributed by atoms with E-state index in [9.17, 15) is 20.0 Å². The molecule has 2 heterocycles. The van der Waals surface area contributed by atoms with Crippen molar-refractivity contribution in [1.82, 2.24) is 4.98 Å². The third-order valence-corrected chi connectivity index (χ3v) is 5.06. The van der Waals surface area contributed by atoms with Crippen LogP contribution in [0.2, 0.25) is 0 Å². The molecule has 1 aliphatic carbocycles. The zero-order valence-corrected chi connectivity index (χ0v) is 12.7. The number of halogens is 1. The molecule has 1 aliphatic heterocycles. The van der Waals surface area contributed by atoms with Crippen molar-refractivity contribution >= 4 is 33.3 Å². The topological polar surface area (TPSA) is 96.6 Å². The maximum absolute atomic E-state index is 11.7. The number of rotatable bonds is 3. The van der Waals surface area contributed by atoms with Crippen LogP contribution in [0.1, 0.15) is 19.3 Å². The molecule has 0 radical (unpaired) electrons. The van der Waals surface area contributed by atoms with Gasteiger partial charge in [0.15, 0.2) is 0 Å². The van der Waals surface area contributed by atoms with E-state index in [0.717, 1.165) is 19.3 Å². The first-order valence-corrected chi connectivity index (χ1v) is 7.57. The van der Waals surface area contributed by atoms with Gasteiger partial charge >= 0.3 is 11.7 Å². The molecule has 21 heavy (non-hydrogen) atoms. The van der Waals surface area contributed by atoms with Gasteiger partial charge in [0.05, 0.1) is 9.40 Å². The number of pyridine rings is 1. The van der Waals surface area contributed by atoms with Gasteiger partial charge in [0.1, 0.15) is 17.9 Å². The molecule has 0 bridgehead atoms. The lowest BCUT2D eigenvalue weighted by Crippen LogP contribution is -2.40. The minimum atomic E-state index is -0.914. The summed E-state index contributed by atoms with van der Waals surface area (Å²) in [5.74, 6) is -0.546. The Morgan fingerprint density at radius 2 is 2.24 bits per heavy atom. The van der Waals surface area contributed by atoms with Gasteiger partial charge in [-0.1, -0.05) is 6.42 Å². The fourth-order valence-electron chi connectivity index (χ4n) is 3.69. The minimum absolute atomic E-state index is 0.0715. The van der Waals surface area contributed by atoms with E-state index in [1.165, 1.54) is 12.4 Å². The van der Waals surface area contributed by atoms with Crippen molar-refractivity contribution in [1.29, 1.82) is 0 Å². The van der Waals surface area contributed by atoms with Crippen LogP contribution in [0, 0.1) is 22.0 Å². The highest BCUT2D eigenvalue weighted by Crippen LogP contribution is 2.47. The van der Waals surface area contributed by atoms with Crippen molar-refractivity contribution in [3.8, 4) is 0 Å². The van der Waals surface area contributed by atoms with E-state index in [4.69, 9.17) is 0 Å². The molecule has 112 valence electrons. The Balaban J connectivity index is 2.07. The van der Waals surface area contributed by atoms with Gasteiger partial charge in [-0.15, -0.1) is 0 Å². The van der Waals surface area contributed by atoms with E-state index in [1.807, 2.05) is 0 Å². The molecule has 2 fully saturated rings. The predicted molar refractivity (Wildman–Crippen MR) is 78.2 cm³/mol. The van der Waals surface area contributed by atoms with Crippen LogP contribution in [0.5, 0.6) is 0 Å². The maximum atomic E-state index is 11.7. The number of fused-ring (bicyclic) bond motifs is 1. The third kappa shape index (κ3) is 2.27. The molecule has 3 rings (SSSR count). The summed E-state index contributed by atoms with van der Waals surface area (Å²) >= 11 is 3.28. The molecule has 0 spiro atoms. The van der Waals surface area contributed by atoms with Crippen molar-refractivity contribution < 1.29 is 14.8 Å². The molecule has 1 aromatic heterocycles. The lowest BCUT2D eigenvalue weighted by Gasteiger charge is -2.26. The van der Waals surface area contributed by atoms with Gasteiger partial charge < -0.3 is 10.0 Å². The second kappa shape index (κ2) is 5.25. The number of carboxylic acid groups (broad SMARTS) is 1. The van der Waals surface area contributed by atoms with Crippen LogP contribution in [-0.2, 0) is 4.79 Å². The molecular formula is C13H14BrN3O4. The van der Waals surface area contributed by atoms with E-state index in [2.05, 4.69) is 20.9 Å². The summed E-state index contributed by atoms with van der Waals surface area (Å²) < 4.78 is 0.461. The van der Waals surface area contributed by atoms with Gasteiger partial charge in [-0.05, 0) is 40.6 Å². The molecule has 1 aromatic rings. The highest BCUT2D eigenvalue weighted by Gasteiger charge is 2.49. The van der Waals surface area contributed by atoms with E-state index in [0.29, 0.717) is 22.6 Å². The molecule has 1 saturated carbocycles. The second-order valence-corrected chi connectivity index (χ2v) is 6.39. The summed E-state index contributed by atoms with van der Waals surface area (Å²) in [6.07, 6.45) is 5.53. The molecule has 0 aromatic carbocycles. The van der Waals surface area contributed by atoms with E-state index < -0.39 is 16.9 Å². The monoisotopic (exact) mass is 355 g/mol.